The first-order chi connectivity index (χ1) is 7.18. The lowest BCUT2D eigenvalue weighted by atomic mass is 10.1. The van der Waals surface area contributed by atoms with Crippen molar-refractivity contribution >= 4 is 12.4 Å². The van der Waals surface area contributed by atoms with Crippen LogP contribution in [0.4, 0.5) is 0 Å². The van der Waals surface area contributed by atoms with Crippen molar-refractivity contribution in [3.8, 4) is 16.9 Å². The van der Waals surface area contributed by atoms with Crippen LogP contribution in [0.5, 0.6) is 5.75 Å². The van der Waals surface area contributed by atoms with E-state index < -0.39 is 0 Å². The zero-order valence-electron chi connectivity index (χ0n) is 8.60. The van der Waals surface area contributed by atoms with E-state index in [2.05, 4.69) is 9.97 Å². The van der Waals surface area contributed by atoms with Gasteiger partial charge in [-0.3, -0.25) is 0 Å². The Morgan fingerprint density at radius 1 is 1.25 bits per heavy atom. The fourth-order valence-electron chi connectivity index (χ4n) is 1.46. The van der Waals surface area contributed by atoms with E-state index in [0.717, 1.165) is 5.56 Å². The maximum Gasteiger partial charge on any atom is 0.345 e. The lowest BCUT2D eigenvalue weighted by Gasteiger charge is -2.05. The molecule has 2 N–H and O–H groups in total. The third-order valence-electron chi connectivity index (χ3n) is 2.19. The zero-order valence-corrected chi connectivity index (χ0v) is 9.41. The average Bonchev–Trinajstić information content (AvgIpc) is 2.20. The van der Waals surface area contributed by atoms with Gasteiger partial charge >= 0.3 is 5.69 Å². The number of nitrogens with zero attached hydrogens (tertiary/aromatic N) is 1. The van der Waals surface area contributed by atoms with Gasteiger partial charge in [0.05, 0.1) is 5.69 Å². The second-order valence-electron chi connectivity index (χ2n) is 3.22. The van der Waals surface area contributed by atoms with Gasteiger partial charge in [0.25, 0.3) is 0 Å². The predicted octanol–water partition coefficient (Wildman–Crippen LogP) is 1.87. The van der Waals surface area contributed by atoms with Gasteiger partial charge in [-0.25, -0.2) is 4.79 Å². The van der Waals surface area contributed by atoms with Gasteiger partial charge in [0.15, 0.2) is 0 Å². The van der Waals surface area contributed by atoms with Crippen LogP contribution in [0.1, 0.15) is 5.69 Å². The van der Waals surface area contributed by atoms with Crippen molar-refractivity contribution in [1.29, 1.82) is 0 Å². The number of hydrogen-bond acceptors (Lipinski definition) is 3. The van der Waals surface area contributed by atoms with Crippen molar-refractivity contribution in [1.82, 2.24) is 9.97 Å². The number of aromatic hydroxyl groups is 1. The van der Waals surface area contributed by atoms with E-state index in [1.807, 2.05) is 6.07 Å². The molecule has 0 saturated carbocycles. The lowest BCUT2D eigenvalue weighted by Crippen LogP contribution is -2.11. The molecule has 2 rings (SSSR count). The van der Waals surface area contributed by atoms with Gasteiger partial charge < -0.3 is 10.1 Å². The van der Waals surface area contributed by atoms with Gasteiger partial charge in [0.2, 0.25) is 0 Å². The molecule has 0 radical (unpaired) electrons. The van der Waals surface area contributed by atoms with Crippen LogP contribution in [-0.4, -0.2) is 15.1 Å². The van der Waals surface area contributed by atoms with Gasteiger partial charge in [-0.15, -0.1) is 12.4 Å². The molecule has 2 aromatic rings. The van der Waals surface area contributed by atoms with Gasteiger partial charge in [0.1, 0.15) is 5.75 Å². The molecule has 0 spiro atoms. The summed E-state index contributed by atoms with van der Waals surface area (Å²) in [6.07, 6.45) is 1.56. The summed E-state index contributed by atoms with van der Waals surface area (Å²) in [5.74, 6) is 0.175. The van der Waals surface area contributed by atoms with Crippen molar-refractivity contribution in [2.45, 2.75) is 6.92 Å². The summed E-state index contributed by atoms with van der Waals surface area (Å²) in [5, 5.41) is 9.64. The molecule has 0 aliphatic rings. The molecule has 0 atom stereocenters. The van der Waals surface area contributed by atoms with E-state index in [-0.39, 0.29) is 23.8 Å². The minimum Gasteiger partial charge on any atom is -0.507 e. The van der Waals surface area contributed by atoms with Crippen molar-refractivity contribution in [2.75, 3.05) is 0 Å². The van der Waals surface area contributed by atoms with Crippen LogP contribution in [0.25, 0.3) is 11.1 Å². The summed E-state index contributed by atoms with van der Waals surface area (Å²) >= 11 is 0. The Hall–Kier alpha value is -1.81. The van der Waals surface area contributed by atoms with E-state index in [0.29, 0.717) is 11.3 Å². The van der Waals surface area contributed by atoms with Crippen LogP contribution in [0.15, 0.2) is 35.3 Å². The molecule has 1 aromatic heterocycles. The molecule has 1 heterocycles. The molecule has 0 bridgehead atoms. The summed E-state index contributed by atoms with van der Waals surface area (Å²) < 4.78 is 0. The predicted molar refractivity (Wildman–Crippen MR) is 63.9 cm³/mol. The second kappa shape index (κ2) is 4.81. The molecule has 84 valence electrons. The van der Waals surface area contributed by atoms with Crippen molar-refractivity contribution in [3.63, 3.8) is 0 Å². The molecule has 16 heavy (non-hydrogen) atoms. The number of aryl methyl sites for hydroxylation is 1. The number of H-pyrrole nitrogens is 1. The highest BCUT2D eigenvalue weighted by molar-refractivity contribution is 5.85. The molecule has 4 nitrogen and oxygen atoms in total. The van der Waals surface area contributed by atoms with Gasteiger partial charge in [-0.05, 0) is 13.0 Å². The molecule has 0 aliphatic heterocycles. The third-order valence-corrected chi connectivity index (χ3v) is 2.19. The van der Waals surface area contributed by atoms with Crippen LogP contribution in [0.2, 0.25) is 0 Å². The third kappa shape index (κ3) is 2.23. The van der Waals surface area contributed by atoms with Crippen molar-refractivity contribution < 1.29 is 5.11 Å². The van der Waals surface area contributed by atoms with Crippen LogP contribution >= 0.6 is 12.4 Å². The Labute approximate surface area is 98.4 Å². The van der Waals surface area contributed by atoms with E-state index in [1.165, 1.54) is 0 Å². The number of phenolic OH excluding ortho intramolecular Hbond substituents is 1. The highest BCUT2D eigenvalue weighted by Gasteiger charge is 2.07. The summed E-state index contributed by atoms with van der Waals surface area (Å²) in [6, 6.07) is 6.93. The van der Waals surface area contributed by atoms with Gasteiger partial charge in [0, 0.05) is 17.3 Å². The van der Waals surface area contributed by atoms with E-state index in [9.17, 15) is 9.90 Å². The Morgan fingerprint density at radius 3 is 2.56 bits per heavy atom. The minimum atomic E-state index is -0.383. The Morgan fingerprint density at radius 2 is 1.94 bits per heavy atom. The quantitative estimate of drug-likeness (QED) is 0.797. The van der Waals surface area contributed by atoms with Gasteiger partial charge in [-0.1, -0.05) is 18.2 Å². The number of hydrogen-bond donors (Lipinski definition) is 2. The standard InChI is InChI=1S/C11H10N2O2.ClH/c1-7-9(6-12-11(15)13-7)8-4-2-3-5-10(8)14;/h2-6,14H,1H3,(H,12,13,15);1H. The number of phenols is 1. The molecule has 5 heteroatoms. The second-order valence-corrected chi connectivity index (χ2v) is 3.22. The van der Waals surface area contributed by atoms with Crippen molar-refractivity contribution in [3.05, 3.63) is 46.6 Å². The topological polar surface area (TPSA) is 66.0 Å². The number of rotatable bonds is 1. The first kappa shape index (κ1) is 12.3. The van der Waals surface area contributed by atoms with E-state index >= 15 is 0 Å². The summed E-state index contributed by atoms with van der Waals surface area (Å²) in [4.78, 5) is 17.2. The first-order valence-electron chi connectivity index (χ1n) is 4.53. The first-order valence-corrected chi connectivity index (χ1v) is 4.53. The molecule has 0 amide bonds. The summed E-state index contributed by atoms with van der Waals surface area (Å²) in [5.41, 5.74) is 1.61. The highest BCUT2D eigenvalue weighted by Crippen LogP contribution is 2.28. The Kier molecular flexibility index (Phi) is 3.68. The normalized spacial score (nSPS) is 9.56. The van der Waals surface area contributed by atoms with Crippen LogP contribution in [0, 0.1) is 6.92 Å². The fourth-order valence-corrected chi connectivity index (χ4v) is 1.46. The fraction of sp³-hybridized carbons (Fsp3) is 0.0909. The number of halogens is 1. The number of aromatic nitrogens is 2. The molecular weight excluding hydrogens is 228 g/mol. The largest absolute Gasteiger partial charge is 0.507 e. The average molecular weight is 239 g/mol. The monoisotopic (exact) mass is 238 g/mol. The zero-order chi connectivity index (χ0) is 10.8. The van der Waals surface area contributed by atoms with E-state index in [1.54, 1.807) is 31.3 Å². The molecule has 0 aliphatic carbocycles. The SMILES string of the molecule is Cc1nc(=O)[nH]cc1-c1ccccc1O.Cl. The van der Waals surface area contributed by atoms with E-state index in [4.69, 9.17) is 0 Å². The highest BCUT2D eigenvalue weighted by atomic mass is 35.5. The lowest BCUT2D eigenvalue weighted by molar-refractivity contribution is 0.477. The molecule has 0 unspecified atom stereocenters. The molecule has 1 aromatic carbocycles. The van der Waals surface area contributed by atoms with Crippen LogP contribution in [0.3, 0.4) is 0 Å². The van der Waals surface area contributed by atoms with Crippen LogP contribution in [-0.2, 0) is 0 Å². The van der Waals surface area contributed by atoms with Crippen molar-refractivity contribution in [2.24, 2.45) is 0 Å². The number of benzene rings is 1. The summed E-state index contributed by atoms with van der Waals surface area (Å²) in [6.45, 7) is 1.73. The maximum atomic E-state index is 10.9. The molecule has 0 fully saturated rings. The van der Waals surface area contributed by atoms with Gasteiger partial charge in [-0.2, -0.15) is 4.98 Å². The minimum absolute atomic E-state index is 0. The number of nitrogens with one attached hydrogen (secondary N) is 1. The molecular formula is C11H11ClN2O2. The smallest absolute Gasteiger partial charge is 0.345 e. The maximum absolute atomic E-state index is 10.9. The molecule has 0 saturated heterocycles. The Balaban J connectivity index is 0.00000128. The number of para-hydroxylation sites is 1. The summed E-state index contributed by atoms with van der Waals surface area (Å²) in [7, 11) is 0. The number of aromatic amines is 1. The Bertz CT molecular complexity index is 552. The van der Waals surface area contributed by atoms with Crippen LogP contribution < -0.4 is 5.69 Å².